The molecule has 4 nitrogen and oxygen atoms in total. The molecule has 0 radical (unpaired) electrons. The van der Waals surface area contributed by atoms with Crippen molar-refractivity contribution in [3.63, 3.8) is 0 Å². The highest BCUT2D eigenvalue weighted by Crippen LogP contribution is 2.44. The first-order valence-corrected chi connectivity index (χ1v) is 11.2. The number of benzene rings is 2. The fourth-order valence-electron chi connectivity index (χ4n) is 4.80. The van der Waals surface area contributed by atoms with Gasteiger partial charge in [0.25, 0.3) is 0 Å². The Balaban J connectivity index is 1.51. The predicted molar refractivity (Wildman–Crippen MR) is 118 cm³/mol. The highest BCUT2D eigenvalue weighted by Gasteiger charge is 2.40. The number of fused-ring (bicyclic) bond motifs is 1. The van der Waals surface area contributed by atoms with Crippen LogP contribution in [0.4, 0.5) is 10.8 Å². The molecule has 0 saturated carbocycles. The first kappa shape index (κ1) is 18.4. The van der Waals surface area contributed by atoms with Crippen molar-refractivity contribution < 1.29 is 4.79 Å². The summed E-state index contributed by atoms with van der Waals surface area (Å²) in [6.45, 7) is 4.22. The molecule has 3 aromatic rings. The molecular formula is C24H25N3OS. The lowest BCUT2D eigenvalue weighted by atomic mass is 9.70. The van der Waals surface area contributed by atoms with Gasteiger partial charge >= 0.3 is 0 Å². The van der Waals surface area contributed by atoms with Crippen LogP contribution in [0, 0.1) is 0 Å². The minimum absolute atomic E-state index is 0.124. The van der Waals surface area contributed by atoms with Gasteiger partial charge in [0.15, 0.2) is 5.13 Å². The molecule has 0 aliphatic carbocycles. The van der Waals surface area contributed by atoms with Crippen molar-refractivity contribution in [2.75, 3.05) is 24.5 Å². The number of aromatic nitrogens is 1. The maximum atomic E-state index is 11.9. The number of likely N-dealkylation sites (tertiary alicyclic amines) is 1. The Morgan fingerprint density at radius 3 is 2.48 bits per heavy atom. The molecule has 2 aromatic carbocycles. The molecule has 0 bridgehead atoms. The minimum atomic E-state index is -0.124. The maximum Gasteiger partial charge on any atom is 0.219 e. The number of rotatable bonds is 3. The van der Waals surface area contributed by atoms with E-state index in [2.05, 4.69) is 64.9 Å². The van der Waals surface area contributed by atoms with E-state index < -0.39 is 0 Å². The third kappa shape index (κ3) is 3.14. The largest absolute Gasteiger partial charge is 0.343 e. The van der Waals surface area contributed by atoms with Gasteiger partial charge in [-0.15, -0.1) is 11.3 Å². The number of carbonyl (C=O) groups is 1. The predicted octanol–water partition coefficient (Wildman–Crippen LogP) is 4.77. The van der Waals surface area contributed by atoms with E-state index in [1.54, 1.807) is 18.3 Å². The topological polar surface area (TPSA) is 36.4 Å². The fraction of sp³-hybridized carbons (Fsp3) is 0.333. The van der Waals surface area contributed by atoms with Crippen molar-refractivity contribution in [3.8, 4) is 0 Å². The third-order valence-electron chi connectivity index (χ3n) is 6.49. The van der Waals surface area contributed by atoms with Crippen LogP contribution >= 0.6 is 11.3 Å². The van der Waals surface area contributed by atoms with Crippen LogP contribution in [-0.2, 0) is 16.6 Å². The smallest absolute Gasteiger partial charge is 0.219 e. The molecule has 2 aliphatic heterocycles. The summed E-state index contributed by atoms with van der Waals surface area (Å²) in [5.41, 5.74) is 5.02. The van der Waals surface area contributed by atoms with E-state index in [0.29, 0.717) is 0 Å². The highest BCUT2D eigenvalue weighted by molar-refractivity contribution is 7.13. The Morgan fingerprint density at radius 1 is 1.00 bits per heavy atom. The second-order valence-electron chi connectivity index (χ2n) is 8.00. The molecule has 1 fully saturated rings. The van der Waals surface area contributed by atoms with Crippen LogP contribution in [0.1, 0.15) is 36.6 Å². The van der Waals surface area contributed by atoms with Gasteiger partial charge in [-0.3, -0.25) is 4.79 Å². The number of para-hydroxylation sites is 1. The van der Waals surface area contributed by atoms with Crippen molar-refractivity contribution in [1.82, 2.24) is 9.88 Å². The maximum absolute atomic E-state index is 11.9. The molecule has 148 valence electrons. The molecule has 1 saturated heterocycles. The van der Waals surface area contributed by atoms with Crippen LogP contribution in [0.15, 0.2) is 60.0 Å². The number of thiazole rings is 1. The quantitative estimate of drug-likeness (QED) is 0.632. The van der Waals surface area contributed by atoms with Crippen molar-refractivity contribution >= 4 is 28.1 Å². The zero-order valence-electron chi connectivity index (χ0n) is 16.7. The zero-order chi connectivity index (χ0) is 19.8. The first-order chi connectivity index (χ1) is 14.2. The number of carbonyl (C=O) groups excluding carboxylic acids is 1. The van der Waals surface area contributed by atoms with E-state index >= 15 is 0 Å². The van der Waals surface area contributed by atoms with Gasteiger partial charge in [-0.25, -0.2) is 4.98 Å². The first-order valence-electron chi connectivity index (χ1n) is 10.3. The van der Waals surface area contributed by atoms with Crippen molar-refractivity contribution in [3.05, 3.63) is 76.8 Å². The van der Waals surface area contributed by atoms with Gasteiger partial charge in [0, 0.05) is 43.0 Å². The number of anilines is 2. The summed E-state index contributed by atoms with van der Waals surface area (Å²) in [5, 5.41) is 3.32. The molecule has 1 aromatic heterocycles. The molecule has 0 N–H and O–H groups in total. The van der Waals surface area contributed by atoms with Crippen LogP contribution in [0.3, 0.4) is 0 Å². The van der Waals surface area contributed by atoms with Gasteiger partial charge in [-0.1, -0.05) is 48.5 Å². The van der Waals surface area contributed by atoms with E-state index in [-0.39, 0.29) is 11.3 Å². The van der Waals surface area contributed by atoms with E-state index in [1.165, 1.54) is 16.8 Å². The lowest BCUT2D eigenvalue weighted by Crippen LogP contribution is -2.45. The summed E-state index contributed by atoms with van der Waals surface area (Å²) in [6, 6.07) is 19.3. The molecule has 0 atom stereocenters. The van der Waals surface area contributed by atoms with Crippen molar-refractivity contribution in [1.29, 1.82) is 0 Å². The van der Waals surface area contributed by atoms with Crippen molar-refractivity contribution in [2.24, 2.45) is 0 Å². The normalized spacial score (nSPS) is 18.0. The molecule has 3 heterocycles. The van der Waals surface area contributed by atoms with E-state index in [9.17, 15) is 4.79 Å². The monoisotopic (exact) mass is 403 g/mol. The Kier molecular flexibility index (Phi) is 4.63. The Bertz CT molecular complexity index is 1020. The molecule has 5 rings (SSSR count). The average Bonchev–Trinajstić information content (AvgIpc) is 3.42. The van der Waals surface area contributed by atoms with E-state index in [4.69, 9.17) is 4.98 Å². The van der Waals surface area contributed by atoms with Crippen molar-refractivity contribution in [2.45, 2.75) is 31.6 Å². The molecule has 29 heavy (non-hydrogen) atoms. The van der Waals surface area contributed by atoms with Crippen LogP contribution in [0.5, 0.6) is 0 Å². The molecule has 1 amide bonds. The molecule has 0 spiro atoms. The minimum Gasteiger partial charge on any atom is -0.343 e. The second kappa shape index (κ2) is 7.30. The average molecular weight is 404 g/mol. The summed E-state index contributed by atoms with van der Waals surface area (Å²) >= 11 is 1.74. The van der Waals surface area contributed by atoms with Gasteiger partial charge in [0.2, 0.25) is 5.91 Å². The van der Waals surface area contributed by atoms with Gasteiger partial charge < -0.3 is 9.80 Å². The standard InChI is InChI=1S/C24H25N3OS/c1-18(28)26-15-12-24(13-16-26,20-8-3-2-4-9-20)22-17-29-23(25-22)27-14-11-19-7-5-6-10-21(19)27/h2-10,17H,11-16H2,1H3. The lowest BCUT2D eigenvalue weighted by molar-refractivity contribution is -0.130. The summed E-state index contributed by atoms with van der Waals surface area (Å²) < 4.78 is 0. The van der Waals surface area contributed by atoms with Crippen LogP contribution < -0.4 is 4.90 Å². The summed E-state index contributed by atoms with van der Waals surface area (Å²) in [4.78, 5) is 21.4. The van der Waals surface area contributed by atoms with Crippen LogP contribution in [0.2, 0.25) is 0 Å². The highest BCUT2D eigenvalue weighted by atomic mass is 32.1. The Morgan fingerprint density at radius 2 is 1.72 bits per heavy atom. The van der Waals surface area contributed by atoms with Gasteiger partial charge in [0.05, 0.1) is 5.69 Å². The van der Waals surface area contributed by atoms with E-state index in [1.807, 2.05) is 4.90 Å². The molecular weight excluding hydrogens is 378 g/mol. The van der Waals surface area contributed by atoms with Gasteiger partial charge in [-0.2, -0.15) is 0 Å². The fourth-order valence-corrected chi connectivity index (χ4v) is 5.76. The van der Waals surface area contributed by atoms with Gasteiger partial charge in [0.1, 0.15) is 0 Å². The SMILES string of the molecule is CC(=O)N1CCC(c2ccccc2)(c2csc(N3CCc4ccccc43)n2)CC1. The van der Waals surface area contributed by atoms with E-state index in [0.717, 1.165) is 49.7 Å². The number of piperidine rings is 1. The zero-order valence-corrected chi connectivity index (χ0v) is 17.5. The van der Waals surface area contributed by atoms with Crippen LogP contribution in [0.25, 0.3) is 0 Å². The Hall–Kier alpha value is -2.66. The lowest BCUT2D eigenvalue weighted by Gasteiger charge is -2.41. The number of amides is 1. The number of hydrogen-bond donors (Lipinski definition) is 0. The second-order valence-corrected chi connectivity index (χ2v) is 8.84. The molecule has 5 heteroatoms. The molecule has 2 aliphatic rings. The number of nitrogens with zero attached hydrogens (tertiary/aromatic N) is 3. The summed E-state index contributed by atoms with van der Waals surface area (Å²) in [5.74, 6) is 0.166. The summed E-state index contributed by atoms with van der Waals surface area (Å²) in [7, 11) is 0. The third-order valence-corrected chi connectivity index (χ3v) is 7.35. The number of hydrogen-bond acceptors (Lipinski definition) is 4. The summed E-state index contributed by atoms with van der Waals surface area (Å²) in [6.07, 6.45) is 2.90. The Labute approximate surface area is 175 Å². The molecule has 0 unspecified atom stereocenters. The van der Waals surface area contributed by atoms with Crippen LogP contribution in [-0.4, -0.2) is 35.4 Å². The van der Waals surface area contributed by atoms with Gasteiger partial charge in [-0.05, 0) is 36.5 Å².